The monoisotopic (exact) mass is 292 g/mol. The molecule has 0 unspecified atom stereocenters. The first kappa shape index (κ1) is 18.1. The van der Waals surface area contributed by atoms with Gasteiger partial charge in [-0.25, -0.2) is 0 Å². The van der Waals surface area contributed by atoms with Gasteiger partial charge in [0, 0.05) is 13.1 Å². The fourth-order valence-corrected chi connectivity index (χ4v) is 2.22. The van der Waals surface area contributed by atoms with Crippen LogP contribution in [0.15, 0.2) is 18.2 Å². The van der Waals surface area contributed by atoms with Crippen molar-refractivity contribution < 1.29 is 0 Å². The molecule has 0 fully saturated rings. The van der Waals surface area contributed by atoms with E-state index in [9.17, 15) is 0 Å². The minimum absolute atomic E-state index is 0.677. The minimum Gasteiger partial charge on any atom is -0.311 e. The summed E-state index contributed by atoms with van der Waals surface area (Å²) in [5, 5.41) is 3.45. The molecule has 0 spiro atoms. The van der Waals surface area contributed by atoms with Gasteiger partial charge in [-0.3, -0.25) is 4.98 Å². The molecule has 0 saturated carbocycles. The summed E-state index contributed by atoms with van der Waals surface area (Å²) in [5.41, 5.74) is 2.29. The van der Waals surface area contributed by atoms with Gasteiger partial charge in [0.25, 0.3) is 0 Å². The molecule has 0 bridgehead atoms. The Morgan fingerprint density at radius 1 is 1.10 bits per heavy atom. The van der Waals surface area contributed by atoms with Crippen LogP contribution in [0.5, 0.6) is 0 Å². The lowest BCUT2D eigenvalue weighted by molar-refractivity contribution is 0.292. The fraction of sp³-hybridized carbons (Fsp3) is 0.706. The van der Waals surface area contributed by atoms with Gasteiger partial charge in [-0.15, -0.1) is 0 Å². The Morgan fingerprint density at radius 3 is 2.48 bits per heavy atom. The highest BCUT2D eigenvalue weighted by atomic mass is 15.1. The highest BCUT2D eigenvalue weighted by molar-refractivity contribution is 5.11. The number of nitrogens with one attached hydrogen (secondary N) is 1. The summed E-state index contributed by atoms with van der Waals surface area (Å²) < 4.78 is 0. The first-order valence-corrected chi connectivity index (χ1v) is 7.96. The Balaban J connectivity index is 2.37. The van der Waals surface area contributed by atoms with E-state index in [4.69, 9.17) is 4.98 Å². The van der Waals surface area contributed by atoms with Crippen LogP contribution >= 0.6 is 0 Å². The summed E-state index contributed by atoms with van der Waals surface area (Å²) in [6.07, 6.45) is 1.19. The summed E-state index contributed by atoms with van der Waals surface area (Å²) in [6.45, 7) is 9.50. The summed E-state index contributed by atoms with van der Waals surface area (Å²) >= 11 is 0. The Kier molecular flexibility index (Phi) is 8.50. The largest absolute Gasteiger partial charge is 0.311 e. The van der Waals surface area contributed by atoms with Crippen LogP contribution in [-0.2, 0) is 13.1 Å². The second-order valence-electron chi connectivity index (χ2n) is 6.54. The van der Waals surface area contributed by atoms with Crippen molar-refractivity contribution >= 4 is 0 Å². The molecule has 1 aromatic rings. The average molecular weight is 292 g/mol. The van der Waals surface area contributed by atoms with Gasteiger partial charge in [-0.2, -0.15) is 0 Å². The van der Waals surface area contributed by atoms with Gasteiger partial charge >= 0.3 is 0 Å². The molecular formula is C17H32N4. The van der Waals surface area contributed by atoms with Crippen LogP contribution in [0.25, 0.3) is 0 Å². The zero-order valence-corrected chi connectivity index (χ0v) is 14.4. The van der Waals surface area contributed by atoms with Gasteiger partial charge in [0.05, 0.1) is 11.4 Å². The predicted octanol–water partition coefficient (Wildman–Crippen LogP) is 2.21. The molecule has 1 rings (SSSR count). The summed E-state index contributed by atoms with van der Waals surface area (Å²) in [5.74, 6) is 0.677. The third-order valence-corrected chi connectivity index (χ3v) is 3.30. The third-order valence-electron chi connectivity index (χ3n) is 3.30. The van der Waals surface area contributed by atoms with Crippen LogP contribution in [0.4, 0.5) is 0 Å². The van der Waals surface area contributed by atoms with Gasteiger partial charge < -0.3 is 15.1 Å². The molecule has 1 heterocycles. The van der Waals surface area contributed by atoms with E-state index in [-0.39, 0.29) is 0 Å². The SMILES string of the molecule is CC(C)CNCc1cccc(CN(C)CCCN(C)C)n1. The van der Waals surface area contributed by atoms with E-state index in [0.717, 1.165) is 44.1 Å². The van der Waals surface area contributed by atoms with Crippen molar-refractivity contribution in [2.75, 3.05) is 40.8 Å². The van der Waals surface area contributed by atoms with Gasteiger partial charge in [-0.05, 0) is 65.2 Å². The lowest BCUT2D eigenvalue weighted by Crippen LogP contribution is -2.24. The molecule has 0 aromatic carbocycles. The minimum atomic E-state index is 0.677. The van der Waals surface area contributed by atoms with Crippen LogP contribution in [0, 0.1) is 5.92 Å². The molecule has 0 radical (unpaired) electrons. The molecule has 120 valence electrons. The van der Waals surface area contributed by atoms with Crippen molar-refractivity contribution in [3.63, 3.8) is 0 Å². The first-order valence-electron chi connectivity index (χ1n) is 7.96. The molecule has 0 aliphatic heterocycles. The maximum Gasteiger partial charge on any atom is 0.0547 e. The molecule has 0 atom stereocenters. The smallest absolute Gasteiger partial charge is 0.0547 e. The van der Waals surface area contributed by atoms with E-state index >= 15 is 0 Å². The molecule has 0 saturated heterocycles. The second-order valence-corrected chi connectivity index (χ2v) is 6.54. The molecule has 0 aliphatic carbocycles. The predicted molar refractivity (Wildman–Crippen MR) is 90.3 cm³/mol. The van der Waals surface area contributed by atoms with E-state index < -0.39 is 0 Å². The molecule has 1 aromatic heterocycles. The zero-order chi connectivity index (χ0) is 15.7. The Morgan fingerprint density at radius 2 is 1.81 bits per heavy atom. The van der Waals surface area contributed by atoms with Crippen LogP contribution in [0.3, 0.4) is 0 Å². The average Bonchev–Trinajstić information content (AvgIpc) is 2.38. The van der Waals surface area contributed by atoms with Gasteiger partial charge in [0.1, 0.15) is 0 Å². The van der Waals surface area contributed by atoms with E-state index in [2.05, 4.69) is 68.3 Å². The quantitative estimate of drug-likeness (QED) is 0.716. The van der Waals surface area contributed by atoms with Gasteiger partial charge in [0.15, 0.2) is 0 Å². The highest BCUT2D eigenvalue weighted by Crippen LogP contribution is 2.04. The van der Waals surface area contributed by atoms with Gasteiger partial charge in [0.2, 0.25) is 0 Å². The van der Waals surface area contributed by atoms with Crippen molar-refractivity contribution in [3.8, 4) is 0 Å². The Bertz CT molecular complexity index is 390. The number of hydrogen-bond acceptors (Lipinski definition) is 4. The number of nitrogens with zero attached hydrogens (tertiary/aromatic N) is 3. The van der Waals surface area contributed by atoms with Crippen molar-refractivity contribution in [1.82, 2.24) is 20.1 Å². The van der Waals surface area contributed by atoms with Crippen molar-refractivity contribution in [1.29, 1.82) is 0 Å². The fourth-order valence-electron chi connectivity index (χ4n) is 2.22. The van der Waals surface area contributed by atoms with Crippen molar-refractivity contribution in [3.05, 3.63) is 29.6 Å². The summed E-state index contributed by atoms with van der Waals surface area (Å²) in [6, 6.07) is 6.33. The number of rotatable bonds is 10. The van der Waals surface area contributed by atoms with Crippen LogP contribution in [0.1, 0.15) is 31.7 Å². The molecular weight excluding hydrogens is 260 g/mol. The lowest BCUT2D eigenvalue weighted by Gasteiger charge is -2.18. The first-order chi connectivity index (χ1) is 9.97. The maximum absolute atomic E-state index is 4.74. The molecule has 0 amide bonds. The number of aromatic nitrogens is 1. The molecule has 1 N–H and O–H groups in total. The van der Waals surface area contributed by atoms with Gasteiger partial charge in [-0.1, -0.05) is 19.9 Å². The number of pyridine rings is 1. The Labute approximate surface area is 130 Å². The third kappa shape index (κ3) is 8.81. The molecule has 4 heteroatoms. The van der Waals surface area contributed by atoms with E-state index in [0.29, 0.717) is 5.92 Å². The summed E-state index contributed by atoms with van der Waals surface area (Å²) in [4.78, 5) is 9.31. The molecule has 0 aliphatic rings. The Hall–Kier alpha value is -0.970. The number of hydrogen-bond donors (Lipinski definition) is 1. The van der Waals surface area contributed by atoms with Crippen LogP contribution in [-0.4, -0.2) is 55.6 Å². The van der Waals surface area contributed by atoms with Crippen LogP contribution in [0.2, 0.25) is 0 Å². The zero-order valence-electron chi connectivity index (χ0n) is 14.4. The lowest BCUT2D eigenvalue weighted by atomic mass is 10.2. The molecule has 21 heavy (non-hydrogen) atoms. The van der Waals surface area contributed by atoms with Crippen molar-refractivity contribution in [2.24, 2.45) is 5.92 Å². The van der Waals surface area contributed by atoms with E-state index in [1.54, 1.807) is 0 Å². The topological polar surface area (TPSA) is 31.4 Å². The second kappa shape index (κ2) is 9.87. The van der Waals surface area contributed by atoms with E-state index in [1.165, 1.54) is 6.42 Å². The van der Waals surface area contributed by atoms with Crippen molar-refractivity contribution in [2.45, 2.75) is 33.4 Å². The summed E-state index contributed by atoms with van der Waals surface area (Å²) in [7, 11) is 6.41. The normalized spacial score (nSPS) is 11.8. The standard InChI is InChI=1S/C17H32N4/c1-15(2)12-18-13-16-8-6-9-17(19-16)14-21(5)11-7-10-20(3)4/h6,8-9,15,18H,7,10-14H2,1-5H3. The highest BCUT2D eigenvalue weighted by Gasteiger charge is 2.03. The van der Waals surface area contributed by atoms with Crippen LogP contribution < -0.4 is 5.32 Å². The molecule has 4 nitrogen and oxygen atoms in total. The maximum atomic E-state index is 4.74. The van der Waals surface area contributed by atoms with E-state index in [1.807, 2.05) is 0 Å².